The van der Waals surface area contributed by atoms with Crippen molar-refractivity contribution < 1.29 is 13.2 Å². The third kappa shape index (κ3) is 3.30. The van der Waals surface area contributed by atoms with E-state index < -0.39 is 10.0 Å². The van der Waals surface area contributed by atoms with Gasteiger partial charge in [-0.3, -0.25) is 9.10 Å². The Bertz CT molecular complexity index is 592. The van der Waals surface area contributed by atoms with E-state index in [1.54, 1.807) is 24.3 Å². The first-order chi connectivity index (χ1) is 9.39. The molecule has 20 heavy (non-hydrogen) atoms. The Kier molecular flexibility index (Phi) is 4.32. The number of nitrogens with one attached hydrogen (secondary N) is 1. The fourth-order valence-corrected chi connectivity index (χ4v) is 2.97. The second-order valence-corrected chi connectivity index (χ2v) is 7.22. The summed E-state index contributed by atoms with van der Waals surface area (Å²) in [4.78, 5) is 12.3. The Balaban J connectivity index is 2.25. The number of carbonyl (C=O) groups excluding carboxylic acids is 1. The van der Waals surface area contributed by atoms with Gasteiger partial charge in [-0.15, -0.1) is 0 Å². The largest absolute Gasteiger partial charge is 0.349 e. The topological polar surface area (TPSA) is 66.5 Å². The first kappa shape index (κ1) is 14.8. The lowest BCUT2D eigenvalue weighted by Gasteiger charge is -2.20. The molecule has 1 aliphatic carbocycles. The SMILES string of the molecule is CN(c1ccccc1C(=O)NC1CCCC1)S(C)(=O)=O. The maximum atomic E-state index is 12.3. The van der Waals surface area contributed by atoms with Gasteiger partial charge in [0.05, 0.1) is 17.5 Å². The van der Waals surface area contributed by atoms with Crippen LogP contribution >= 0.6 is 0 Å². The lowest BCUT2D eigenvalue weighted by Crippen LogP contribution is -2.34. The van der Waals surface area contributed by atoms with E-state index in [4.69, 9.17) is 0 Å². The smallest absolute Gasteiger partial charge is 0.253 e. The van der Waals surface area contributed by atoms with Gasteiger partial charge in [0.1, 0.15) is 0 Å². The van der Waals surface area contributed by atoms with Crippen LogP contribution in [-0.2, 0) is 10.0 Å². The number of amides is 1. The second-order valence-electron chi connectivity index (χ2n) is 5.20. The molecular weight excluding hydrogens is 276 g/mol. The standard InChI is InChI=1S/C14H20N2O3S/c1-16(20(2,18)19)13-10-6-5-9-12(13)14(17)15-11-7-3-4-8-11/h5-6,9-11H,3-4,7-8H2,1-2H3,(H,15,17). The molecule has 0 saturated heterocycles. The van der Waals surface area contributed by atoms with Crippen molar-refractivity contribution >= 4 is 21.6 Å². The van der Waals surface area contributed by atoms with Gasteiger partial charge in [-0.25, -0.2) is 8.42 Å². The summed E-state index contributed by atoms with van der Waals surface area (Å²) in [7, 11) is -1.93. The lowest BCUT2D eigenvalue weighted by molar-refractivity contribution is 0.0938. The lowest BCUT2D eigenvalue weighted by atomic mass is 10.1. The van der Waals surface area contributed by atoms with E-state index in [-0.39, 0.29) is 11.9 Å². The molecule has 0 heterocycles. The highest BCUT2D eigenvalue weighted by Gasteiger charge is 2.22. The van der Waals surface area contributed by atoms with Crippen molar-refractivity contribution in [2.45, 2.75) is 31.7 Å². The predicted molar refractivity (Wildman–Crippen MR) is 79.4 cm³/mol. The van der Waals surface area contributed by atoms with Crippen LogP contribution in [-0.4, -0.2) is 33.7 Å². The summed E-state index contributed by atoms with van der Waals surface area (Å²) in [5.41, 5.74) is 0.804. The first-order valence-electron chi connectivity index (χ1n) is 6.73. The molecule has 1 amide bonds. The van der Waals surface area contributed by atoms with Gasteiger partial charge in [0, 0.05) is 13.1 Å². The van der Waals surface area contributed by atoms with Crippen LogP contribution in [0.4, 0.5) is 5.69 Å². The average Bonchev–Trinajstić information content (AvgIpc) is 2.89. The van der Waals surface area contributed by atoms with Crippen molar-refractivity contribution in [1.82, 2.24) is 5.32 Å². The van der Waals surface area contributed by atoms with Gasteiger partial charge < -0.3 is 5.32 Å². The van der Waals surface area contributed by atoms with E-state index in [1.807, 2.05) is 0 Å². The Hall–Kier alpha value is -1.56. The summed E-state index contributed by atoms with van der Waals surface area (Å²) in [6, 6.07) is 6.97. The van der Waals surface area contributed by atoms with Crippen molar-refractivity contribution in [2.75, 3.05) is 17.6 Å². The van der Waals surface area contributed by atoms with Crippen molar-refractivity contribution in [2.24, 2.45) is 0 Å². The average molecular weight is 296 g/mol. The zero-order chi connectivity index (χ0) is 14.8. The molecule has 1 saturated carbocycles. The Morgan fingerprint density at radius 2 is 1.85 bits per heavy atom. The highest BCUT2D eigenvalue weighted by atomic mass is 32.2. The zero-order valence-electron chi connectivity index (χ0n) is 11.8. The molecule has 0 bridgehead atoms. The van der Waals surface area contributed by atoms with E-state index in [1.165, 1.54) is 7.05 Å². The Morgan fingerprint density at radius 1 is 1.25 bits per heavy atom. The maximum Gasteiger partial charge on any atom is 0.253 e. The molecule has 5 nitrogen and oxygen atoms in total. The van der Waals surface area contributed by atoms with Gasteiger partial charge in [-0.1, -0.05) is 25.0 Å². The molecule has 0 radical (unpaired) electrons. The molecule has 0 aromatic heterocycles. The Labute approximate surface area is 120 Å². The quantitative estimate of drug-likeness (QED) is 0.920. The minimum absolute atomic E-state index is 0.206. The fourth-order valence-electron chi connectivity index (χ4n) is 2.45. The number of carbonyl (C=O) groups is 1. The van der Waals surface area contributed by atoms with Crippen LogP contribution in [0.5, 0.6) is 0 Å². The summed E-state index contributed by atoms with van der Waals surface area (Å²) >= 11 is 0. The number of hydrogen-bond acceptors (Lipinski definition) is 3. The monoisotopic (exact) mass is 296 g/mol. The van der Waals surface area contributed by atoms with Gasteiger partial charge in [0.25, 0.3) is 5.91 Å². The van der Waals surface area contributed by atoms with Crippen molar-refractivity contribution in [1.29, 1.82) is 0 Å². The minimum atomic E-state index is -3.39. The van der Waals surface area contributed by atoms with Crippen LogP contribution in [0.1, 0.15) is 36.0 Å². The molecule has 1 N–H and O–H groups in total. The minimum Gasteiger partial charge on any atom is -0.349 e. The summed E-state index contributed by atoms with van der Waals surface area (Å²) in [5.74, 6) is -0.206. The van der Waals surface area contributed by atoms with Crippen LogP contribution in [0.2, 0.25) is 0 Å². The van der Waals surface area contributed by atoms with Gasteiger partial charge >= 0.3 is 0 Å². The molecule has 0 atom stereocenters. The third-order valence-electron chi connectivity index (χ3n) is 3.68. The number of hydrogen-bond donors (Lipinski definition) is 1. The van der Waals surface area contributed by atoms with E-state index in [9.17, 15) is 13.2 Å². The van der Waals surface area contributed by atoms with Crippen molar-refractivity contribution in [3.05, 3.63) is 29.8 Å². The van der Waals surface area contributed by atoms with Crippen molar-refractivity contribution in [3.8, 4) is 0 Å². The summed E-state index contributed by atoms with van der Waals surface area (Å²) in [5, 5.41) is 2.98. The highest BCUT2D eigenvalue weighted by molar-refractivity contribution is 7.92. The van der Waals surface area contributed by atoms with E-state index in [0.29, 0.717) is 11.3 Å². The molecule has 1 fully saturated rings. The van der Waals surface area contributed by atoms with Crippen LogP contribution < -0.4 is 9.62 Å². The van der Waals surface area contributed by atoms with Gasteiger partial charge in [-0.05, 0) is 25.0 Å². The molecule has 0 aliphatic heterocycles. The Morgan fingerprint density at radius 3 is 2.45 bits per heavy atom. The molecule has 0 spiro atoms. The van der Waals surface area contributed by atoms with Crippen molar-refractivity contribution in [3.63, 3.8) is 0 Å². The van der Waals surface area contributed by atoms with Gasteiger partial charge in [0.2, 0.25) is 10.0 Å². The van der Waals surface area contributed by atoms with Crippen LogP contribution in [0.3, 0.4) is 0 Å². The predicted octanol–water partition coefficient (Wildman–Crippen LogP) is 1.75. The van der Waals surface area contributed by atoms with E-state index in [0.717, 1.165) is 36.2 Å². The third-order valence-corrected chi connectivity index (χ3v) is 4.87. The molecule has 0 unspecified atom stereocenters. The molecule has 1 aromatic rings. The molecule has 2 rings (SSSR count). The number of para-hydroxylation sites is 1. The maximum absolute atomic E-state index is 12.3. The van der Waals surface area contributed by atoms with Crippen LogP contribution in [0.25, 0.3) is 0 Å². The van der Waals surface area contributed by atoms with E-state index in [2.05, 4.69) is 5.32 Å². The fraction of sp³-hybridized carbons (Fsp3) is 0.500. The highest BCUT2D eigenvalue weighted by Crippen LogP contribution is 2.23. The van der Waals surface area contributed by atoms with Gasteiger partial charge in [0.15, 0.2) is 0 Å². The summed E-state index contributed by atoms with van der Waals surface area (Å²) in [6.07, 6.45) is 5.38. The van der Waals surface area contributed by atoms with Crippen LogP contribution in [0.15, 0.2) is 24.3 Å². The summed E-state index contributed by atoms with van der Waals surface area (Å²) < 4.78 is 24.4. The second kappa shape index (κ2) is 5.83. The normalized spacial score (nSPS) is 16.1. The van der Waals surface area contributed by atoms with Gasteiger partial charge in [-0.2, -0.15) is 0 Å². The van der Waals surface area contributed by atoms with Crippen LogP contribution in [0, 0.1) is 0 Å². The zero-order valence-corrected chi connectivity index (χ0v) is 12.6. The molecule has 6 heteroatoms. The summed E-state index contributed by atoms with van der Waals surface area (Å²) in [6.45, 7) is 0. The molecule has 110 valence electrons. The number of benzene rings is 1. The number of sulfonamides is 1. The molecule has 1 aliphatic rings. The van der Waals surface area contributed by atoms with E-state index >= 15 is 0 Å². The molecule has 1 aromatic carbocycles. The number of rotatable bonds is 4. The number of nitrogens with zero attached hydrogens (tertiary/aromatic N) is 1. The number of anilines is 1. The molecular formula is C14H20N2O3S. The first-order valence-corrected chi connectivity index (χ1v) is 8.58.